The van der Waals surface area contributed by atoms with Crippen LogP contribution in [0, 0.1) is 0 Å². The van der Waals surface area contributed by atoms with Crippen molar-refractivity contribution in [3.05, 3.63) is 82.3 Å². The van der Waals surface area contributed by atoms with Gasteiger partial charge in [0.1, 0.15) is 5.82 Å². The molecule has 5 heteroatoms. The number of imidazole rings is 1. The molecule has 0 atom stereocenters. The first-order chi connectivity index (χ1) is 12.7. The molecular weight excluding hydrogens is 342 g/mol. The molecule has 0 aliphatic carbocycles. The fraction of sp³-hybridized carbons (Fsp3) is 0.143. The number of anilines is 1. The van der Waals surface area contributed by atoms with Crippen LogP contribution >= 0.6 is 11.3 Å². The van der Waals surface area contributed by atoms with Crippen LogP contribution in [-0.4, -0.2) is 15.5 Å². The van der Waals surface area contributed by atoms with E-state index >= 15 is 0 Å². The van der Waals surface area contributed by atoms with Crippen molar-refractivity contribution in [2.24, 2.45) is 7.05 Å². The van der Waals surface area contributed by atoms with Gasteiger partial charge in [-0.25, -0.2) is 4.98 Å². The van der Waals surface area contributed by atoms with E-state index in [4.69, 9.17) is 4.98 Å². The molecular formula is C21H19N3OS. The van der Waals surface area contributed by atoms with Crippen LogP contribution in [0.2, 0.25) is 0 Å². The van der Waals surface area contributed by atoms with Gasteiger partial charge in [-0.15, -0.1) is 11.3 Å². The highest BCUT2D eigenvalue weighted by Crippen LogP contribution is 2.18. The topological polar surface area (TPSA) is 46.9 Å². The number of para-hydroxylation sites is 2. The quantitative estimate of drug-likeness (QED) is 0.561. The largest absolute Gasteiger partial charge is 0.331 e. The summed E-state index contributed by atoms with van der Waals surface area (Å²) in [5.41, 5.74) is 4.24. The summed E-state index contributed by atoms with van der Waals surface area (Å²) in [4.78, 5) is 17.5. The minimum atomic E-state index is -0.0625. The van der Waals surface area contributed by atoms with Crippen molar-refractivity contribution in [2.75, 3.05) is 5.32 Å². The van der Waals surface area contributed by atoms with Crippen molar-refractivity contribution in [3.8, 4) is 0 Å². The van der Waals surface area contributed by atoms with Crippen molar-refractivity contribution in [2.45, 2.75) is 12.8 Å². The summed E-state index contributed by atoms with van der Waals surface area (Å²) < 4.78 is 2.16. The fourth-order valence-corrected chi connectivity index (χ4v) is 3.65. The number of aromatic nitrogens is 2. The number of hydrogen-bond donors (Lipinski definition) is 1. The van der Waals surface area contributed by atoms with Gasteiger partial charge in [0.2, 0.25) is 0 Å². The van der Waals surface area contributed by atoms with Crippen molar-refractivity contribution in [3.63, 3.8) is 0 Å². The molecule has 1 N–H and O–H groups in total. The van der Waals surface area contributed by atoms with E-state index in [2.05, 4.69) is 35.1 Å². The molecule has 2 heterocycles. The zero-order chi connectivity index (χ0) is 17.9. The fourth-order valence-electron chi connectivity index (χ4n) is 3.03. The predicted octanol–water partition coefficient (Wildman–Crippen LogP) is 4.67. The van der Waals surface area contributed by atoms with Crippen LogP contribution in [0.25, 0.3) is 11.0 Å². The molecule has 130 valence electrons. The van der Waals surface area contributed by atoms with Gasteiger partial charge in [-0.1, -0.05) is 30.3 Å². The number of carbonyl (C=O) groups excluding carboxylic acids is 1. The highest BCUT2D eigenvalue weighted by Gasteiger charge is 2.08. The minimum absolute atomic E-state index is 0.0625. The average molecular weight is 361 g/mol. The average Bonchev–Trinajstić information content (AvgIpc) is 3.30. The lowest BCUT2D eigenvalue weighted by Crippen LogP contribution is -2.10. The van der Waals surface area contributed by atoms with Crippen LogP contribution in [0.5, 0.6) is 0 Å². The maximum absolute atomic E-state index is 12.1. The molecule has 0 fully saturated rings. The van der Waals surface area contributed by atoms with E-state index in [0.29, 0.717) is 0 Å². The molecule has 0 aliphatic heterocycles. The highest BCUT2D eigenvalue weighted by molar-refractivity contribution is 7.12. The van der Waals surface area contributed by atoms with Crippen LogP contribution in [0.3, 0.4) is 0 Å². The Kier molecular flexibility index (Phi) is 4.54. The van der Waals surface area contributed by atoms with E-state index in [1.165, 1.54) is 16.9 Å². The number of thiophene rings is 1. The third-order valence-electron chi connectivity index (χ3n) is 4.47. The van der Waals surface area contributed by atoms with Crippen molar-refractivity contribution in [1.29, 1.82) is 0 Å². The van der Waals surface area contributed by atoms with Crippen LogP contribution in [0.15, 0.2) is 66.0 Å². The SMILES string of the molecule is Cn1c(CCc2ccc(NC(=O)c3cccs3)cc2)nc2ccccc21. The first-order valence-electron chi connectivity index (χ1n) is 8.55. The van der Waals surface area contributed by atoms with Gasteiger partial charge in [-0.2, -0.15) is 0 Å². The third kappa shape index (κ3) is 3.39. The lowest BCUT2D eigenvalue weighted by molar-refractivity contribution is 0.103. The maximum Gasteiger partial charge on any atom is 0.265 e. The van der Waals surface area contributed by atoms with E-state index in [-0.39, 0.29) is 5.91 Å². The number of nitrogens with zero attached hydrogens (tertiary/aromatic N) is 2. The summed E-state index contributed by atoms with van der Waals surface area (Å²) in [5, 5.41) is 4.83. The molecule has 0 spiro atoms. The van der Waals surface area contributed by atoms with Gasteiger partial charge >= 0.3 is 0 Å². The molecule has 4 aromatic rings. The number of fused-ring (bicyclic) bond motifs is 1. The summed E-state index contributed by atoms with van der Waals surface area (Å²) in [6.07, 6.45) is 1.79. The van der Waals surface area contributed by atoms with Gasteiger partial charge in [0.15, 0.2) is 0 Å². The first-order valence-corrected chi connectivity index (χ1v) is 9.43. The van der Waals surface area contributed by atoms with Crippen LogP contribution < -0.4 is 5.32 Å². The number of rotatable bonds is 5. The van der Waals surface area contributed by atoms with E-state index in [1.54, 1.807) is 0 Å². The Bertz CT molecular complexity index is 1030. The Morgan fingerprint density at radius 3 is 2.58 bits per heavy atom. The van der Waals surface area contributed by atoms with Crippen molar-refractivity contribution in [1.82, 2.24) is 9.55 Å². The molecule has 0 bridgehead atoms. The molecule has 2 aromatic heterocycles. The van der Waals surface area contributed by atoms with Crippen molar-refractivity contribution < 1.29 is 4.79 Å². The zero-order valence-electron chi connectivity index (χ0n) is 14.5. The first kappa shape index (κ1) is 16.5. The Morgan fingerprint density at radius 2 is 1.85 bits per heavy atom. The standard InChI is InChI=1S/C21H19N3OS/c1-24-18-6-3-2-5-17(18)23-20(24)13-10-15-8-11-16(12-9-15)22-21(25)19-7-4-14-26-19/h2-9,11-12,14H,10,13H2,1H3,(H,22,25). The molecule has 0 aliphatic rings. The summed E-state index contributed by atoms with van der Waals surface area (Å²) in [5.74, 6) is 1.02. The maximum atomic E-state index is 12.1. The van der Waals surface area contributed by atoms with Crippen molar-refractivity contribution >= 4 is 34.0 Å². The number of aryl methyl sites for hydroxylation is 3. The highest BCUT2D eigenvalue weighted by atomic mass is 32.1. The second-order valence-electron chi connectivity index (χ2n) is 6.20. The minimum Gasteiger partial charge on any atom is -0.331 e. The Morgan fingerprint density at radius 1 is 1.04 bits per heavy atom. The molecule has 0 saturated heterocycles. The second-order valence-corrected chi connectivity index (χ2v) is 7.15. The monoisotopic (exact) mass is 361 g/mol. The Balaban J connectivity index is 1.41. The van der Waals surface area contributed by atoms with Gasteiger partial charge in [0.05, 0.1) is 15.9 Å². The zero-order valence-corrected chi connectivity index (χ0v) is 15.3. The second kappa shape index (κ2) is 7.14. The number of amides is 1. The summed E-state index contributed by atoms with van der Waals surface area (Å²) in [7, 11) is 2.06. The van der Waals surface area contributed by atoms with Gasteiger partial charge < -0.3 is 9.88 Å². The Labute approximate surface area is 156 Å². The molecule has 26 heavy (non-hydrogen) atoms. The number of benzene rings is 2. The van der Waals surface area contributed by atoms with Gasteiger partial charge in [-0.05, 0) is 47.7 Å². The number of nitrogens with one attached hydrogen (secondary N) is 1. The molecule has 0 unspecified atom stereocenters. The summed E-state index contributed by atoms with van der Waals surface area (Å²) >= 11 is 1.44. The van der Waals surface area contributed by atoms with Crippen LogP contribution in [0.1, 0.15) is 21.1 Å². The molecule has 4 rings (SSSR count). The molecule has 2 aromatic carbocycles. The summed E-state index contributed by atoms with van der Waals surface area (Å²) in [6.45, 7) is 0. The van der Waals surface area contributed by atoms with Crippen LogP contribution in [-0.2, 0) is 19.9 Å². The van der Waals surface area contributed by atoms with E-state index in [9.17, 15) is 4.79 Å². The van der Waals surface area contributed by atoms with Gasteiger partial charge in [0.25, 0.3) is 5.91 Å². The number of hydrogen-bond acceptors (Lipinski definition) is 3. The van der Waals surface area contributed by atoms with E-state index in [0.717, 1.165) is 40.3 Å². The van der Waals surface area contributed by atoms with E-state index < -0.39 is 0 Å². The predicted molar refractivity (Wildman–Crippen MR) is 107 cm³/mol. The molecule has 0 saturated carbocycles. The smallest absolute Gasteiger partial charge is 0.265 e. The lowest BCUT2D eigenvalue weighted by Gasteiger charge is -2.06. The molecule has 1 amide bonds. The van der Waals surface area contributed by atoms with Crippen LogP contribution in [0.4, 0.5) is 5.69 Å². The third-order valence-corrected chi connectivity index (χ3v) is 5.34. The van der Waals surface area contributed by atoms with Gasteiger partial charge in [-0.3, -0.25) is 4.79 Å². The Hall–Kier alpha value is -2.92. The van der Waals surface area contributed by atoms with E-state index in [1.807, 2.05) is 47.8 Å². The molecule has 4 nitrogen and oxygen atoms in total. The molecule has 0 radical (unpaired) electrons. The van der Waals surface area contributed by atoms with Gasteiger partial charge in [0, 0.05) is 19.2 Å². The normalized spacial score (nSPS) is 11.0. The lowest BCUT2D eigenvalue weighted by atomic mass is 10.1. The number of carbonyl (C=O) groups is 1. The summed E-state index contributed by atoms with van der Waals surface area (Å²) in [6, 6.07) is 19.9.